The molecule has 2 atom stereocenters. The number of carboxylic acids is 1. The van der Waals surface area contributed by atoms with Gasteiger partial charge in [0.25, 0.3) is 0 Å². The highest BCUT2D eigenvalue weighted by atomic mass is 32.2. The Bertz CT molecular complexity index is 535. The van der Waals surface area contributed by atoms with Crippen molar-refractivity contribution in [2.45, 2.75) is 38.4 Å². The van der Waals surface area contributed by atoms with Crippen LogP contribution in [0.4, 0.5) is 4.39 Å². The first-order valence-corrected chi connectivity index (χ1v) is 7.79. The van der Waals surface area contributed by atoms with Crippen LogP contribution in [0.1, 0.15) is 37.0 Å². The first-order valence-electron chi connectivity index (χ1n) is 6.81. The molecular formula is C15H19FO5S. The minimum absolute atomic E-state index is 0.0648. The molecule has 2 unspecified atom stereocenters. The SMILES string of the molecule is CC(=O)SCCC(O)C(O)c1ccc(CCC(=O)O)c(F)c1. The molecule has 0 aliphatic heterocycles. The van der Waals surface area contributed by atoms with Gasteiger partial charge >= 0.3 is 5.97 Å². The molecule has 22 heavy (non-hydrogen) atoms. The molecule has 1 rings (SSSR count). The molecule has 3 N–H and O–H groups in total. The number of rotatable bonds is 8. The molecule has 0 aromatic heterocycles. The molecule has 0 spiro atoms. The fraction of sp³-hybridized carbons (Fsp3) is 0.467. The van der Waals surface area contributed by atoms with E-state index >= 15 is 0 Å². The highest BCUT2D eigenvalue weighted by Crippen LogP contribution is 2.23. The summed E-state index contributed by atoms with van der Waals surface area (Å²) >= 11 is 1.05. The molecule has 0 heterocycles. The Balaban J connectivity index is 2.65. The summed E-state index contributed by atoms with van der Waals surface area (Å²) in [7, 11) is 0. The quantitative estimate of drug-likeness (QED) is 0.674. The predicted octanol–water partition coefficient (Wildman–Crippen LogP) is 1.91. The molecule has 5 nitrogen and oxygen atoms in total. The van der Waals surface area contributed by atoms with Gasteiger partial charge in [0.15, 0.2) is 5.12 Å². The van der Waals surface area contributed by atoms with Gasteiger partial charge in [-0.25, -0.2) is 4.39 Å². The van der Waals surface area contributed by atoms with Crippen LogP contribution in [0.3, 0.4) is 0 Å². The van der Waals surface area contributed by atoms with Crippen molar-refractivity contribution >= 4 is 22.8 Å². The summed E-state index contributed by atoms with van der Waals surface area (Å²) in [5.74, 6) is -1.25. The maximum absolute atomic E-state index is 13.8. The Morgan fingerprint density at radius 2 is 2.00 bits per heavy atom. The Kier molecular flexibility index (Phi) is 7.50. The molecule has 0 aliphatic rings. The van der Waals surface area contributed by atoms with Gasteiger partial charge in [0, 0.05) is 19.1 Å². The minimum Gasteiger partial charge on any atom is -0.481 e. The summed E-state index contributed by atoms with van der Waals surface area (Å²) in [6, 6.07) is 3.98. The monoisotopic (exact) mass is 330 g/mol. The van der Waals surface area contributed by atoms with Crippen LogP contribution in [-0.4, -0.2) is 38.3 Å². The molecule has 122 valence electrons. The summed E-state index contributed by atoms with van der Waals surface area (Å²) in [4.78, 5) is 21.3. The van der Waals surface area contributed by atoms with Crippen LogP contribution in [0.15, 0.2) is 18.2 Å². The minimum atomic E-state index is -1.25. The summed E-state index contributed by atoms with van der Waals surface area (Å²) in [5, 5.41) is 28.3. The number of carboxylic acid groups (broad SMARTS) is 1. The van der Waals surface area contributed by atoms with E-state index in [2.05, 4.69) is 0 Å². The number of benzene rings is 1. The van der Waals surface area contributed by atoms with Crippen LogP contribution >= 0.6 is 11.8 Å². The average Bonchev–Trinajstić information content (AvgIpc) is 2.44. The van der Waals surface area contributed by atoms with E-state index in [4.69, 9.17) is 5.11 Å². The molecule has 0 fully saturated rings. The van der Waals surface area contributed by atoms with Crippen molar-refractivity contribution in [2.24, 2.45) is 0 Å². The number of halogens is 1. The highest BCUT2D eigenvalue weighted by Gasteiger charge is 2.19. The number of carbonyl (C=O) groups excluding carboxylic acids is 1. The van der Waals surface area contributed by atoms with Gasteiger partial charge in [-0.05, 0) is 30.0 Å². The summed E-state index contributed by atoms with van der Waals surface area (Å²) < 4.78 is 13.8. The predicted molar refractivity (Wildman–Crippen MR) is 81.1 cm³/mol. The van der Waals surface area contributed by atoms with Crippen LogP contribution < -0.4 is 0 Å². The maximum atomic E-state index is 13.8. The van der Waals surface area contributed by atoms with Gasteiger partial charge in [-0.1, -0.05) is 23.9 Å². The normalized spacial score (nSPS) is 13.6. The van der Waals surface area contributed by atoms with Crippen molar-refractivity contribution in [1.29, 1.82) is 0 Å². The van der Waals surface area contributed by atoms with Crippen LogP contribution in [-0.2, 0) is 16.0 Å². The lowest BCUT2D eigenvalue weighted by Gasteiger charge is -2.18. The van der Waals surface area contributed by atoms with Gasteiger partial charge in [-0.15, -0.1) is 0 Å². The fourth-order valence-electron chi connectivity index (χ4n) is 1.90. The summed E-state index contributed by atoms with van der Waals surface area (Å²) in [5.41, 5.74) is 0.469. The van der Waals surface area contributed by atoms with Crippen molar-refractivity contribution in [1.82, 2.24) is 0 Å². The largest absolute Gasteiger partial charge is 0.481 e. The number of aliphatic carboxylic acids is 1. The van der Waals surface area contributed by atoms with E-state index in [1.54, 1.807) is 0 Å². The molecule has 0 radical (unpaired) electrons. The molecule has 1 aromatic rings. The maximum Gasteiger partial charge on any atom is 0.303 e. The number of aliphatic hydroxyl groups excluding tert-OH is 2. The molecule has 0 saturated carbocycles. The second-order valence-corrected chi connectivity index (χ2v) is 6.16. The van der Waals surface area contributed by atoms with Crippen LogP contribution in [0.2, 0.25) is 0 Å². The van der Waals surface area contributed by atoms with E-state index in [1.807, 2.05) is 0 Å². The van der Waals surface area contributed by atoms with Crippen molar-refractivity contribution in [3.05, 3.63) is 35.1 Å². The van der Waals surface area contributed by atoms with E-state index in [0.29, 0.717) is 5.75 Å². The smallest absolute Gasteiger partial charge is 0.303 e. The van der Waals surface area contributed by atoms with Crippen molar-refractivity contribution < 1.29 is 29.3 Å². The molecular weight excluding hydrogens is 311 g/mol. The Morgan fingerprint density at radius 1 is 1.32 bits per heavy atom. The van der Waals surface area contributed by atoms with E-state index in [1.165, 1.54) is 19.1 Å². The standard InChI is InChI=1S/C15H19FO5S/c1-9(17)22-7-6-13(18)15(21)11-3-2-10(12(16)8-11)4-5-14(19)20/h2-3,8,13,15,18,21H,4-7H2,1H3,(H,19,20). The third-order valence-electron chi connectivity index (χ3n) is 3.11. The fourth-order valence-corrected chi connectivity index (χ4v) is 2.54. The third kappa shape index (κ3) is 6.13. The van der Waals surface area contributed by atoms with E-state index in [0.717, 1.165) is 17.8 Å². The van der Waals surface area contributed by atoms with E-state index in [9.17, 15) is 24.2 Å². The summed E-state index contributed by atoms with van der Waals surface area (Å²) in [6.45, 7) is 1.42. The first kappa shape index (κ1) is 18.6. The van der Waals surface area contributed by atoms with Crippen molar-refractivity contribution in [3.63, 3.8) is 0 Å². The zero-order chi connectivity index (χ0) is 16.7. The highest BCUT2D eigenvalue weighted by molar-refractivity contribution is 8.13. The lowest BCUT2D eigenvalue weighted by Crippen LogP contribution is -2.19. The van der Waals surface area contributed by atoms with Crippen LogP contribution in [0.5, 0.6) is 0 Å². The van der Waals surface area contributed by atoms with Crippen LogP contribution in [0.25, 0.3) is 0 Å². The van der Waals surface area contributed by atoms with E-state index in [-0.39, 0.29) is 35.5 Å². The Morgan fingerprint density at radius 3 is 2.55 bits per heavy atom. The third-order valence-corrected chi connectivity index (χ3v) is 3.96. The molecule has 1 aromatic carbocycles. The van der Waals surface area contributed by atoms with Gasteiger partial charge in [-0.2, -0.15) is 0 Å². The second kappa shape index (κ2) is 8.87. The number of thioether (sulfide) groups is 1. The number of carbonyl (C=O) groups is 2. The zero-order valence-corrected chi connectivity index (χ0v) is 13.0. The van der Waals surface area contributed by atoms with Crippen molar-refractivity contribution in [2.75, 3.05) is 5.75 Å². The van der Waals surface area contributed by atoms with Gasteiger partial charge in [-0.3, -0.25) is 9.59 Å². The first-order chi connectivity index (χ1) is 10.3. The lowest BCUT2D eigenvalue weighted by atomic mass is 9.99. The molecule has 0 aliphatic carbocycles. The van der Waals surface area contributed by atoms with E-state index < -0.39 is 24.0 Å². The zero-order valence-electron chi connectivity index (χ0n) is 12.2. The van der Waals surface area contributed by atoms with Crippen molar-refractivity contribution in [3.8, 4) is 0 Å². The Hall–Kier alpha value is -1.44. The number of aliphatic hydroxyl groups is 2. The molecule has 0 saturated heterocycles. The number of aryl methyl sites for hydroxylation is 1. The van der Waals surface area contributed by atoms with Gasteiger partial charge in [0.2, 0.25) is 0 Å². The topological polar surface area (TPSA) is 94.8 Å². The molecule has 0 bridgehead atoms. The Labute approximate surface area is 132 Å². The lowest BCUT2D eigenvalue weighted by molar-refractivity contribution is -0.137. The molecule has 0 amide bonds. The number of hydrogen-bond donors (Lipinski definition) is 3. The second-order valence-electron chi connectivity index (χ2n) is 4.89. The molecule has 7 heteroatoms. The van der Waals surface area contributed by atoms with Gasteiger partial charge < -0.3 is 15.3 Å². The number of hydrogen-bond acceptors (Lipinski definition) is 5. The average molecular weight is 330 g/mol. The van der Waals surface area contributed by atoms with Crippen LogP contribution in [0, 0.1) is 5.82 Å². The summed E-state index contributed by atoms with van der Waals surface area (Å²) in [6.07, 6.45) is -2.26. The van der Waals surface area contributed by atoms with Gasteiger partial charge in [0.1, 0.15) is 11.9 Å². The van der Waals surface area contributed by atoms with Gasteiger partial charge in [0.05, 0.1) is 6.10 Å².